The van der Waals surface area contributed by atoms with Crippen LogP contribution in [0.15, 0.2) is 41.6 Å². The summed E-state index contributed by atoms with van der Waals surface area (Å²) in [4.78, 5) is 4.13. The first-order chi connectivity index (χ1) is 6.35. The van der Waals surface area contributed by atoms with E-state index in [1.807, 2.05) is 51.5 Å². The molecule has 0 rings (SSSR count). The molecule has 0 unspecified atom stereocenters. The van der Waals surface area contributed by atoms with E-state index in [1.165, 1.54) is 0 Å². The van der Waals surface area contributed by atoms with Crippen LogP contribution in [0.2, 0.25) is 0 Å². The Hall–Kier alpha value is -1.31. The number of allylic oxidation sites excluding steroid dienone is 5. The van der Waals surface area contributed by atoms with E-state index in [1.54, 1.807) is 0 Å². The minimum Gasteiger partial charge on any atom is -0.394 e. The van der Waals surface area contributed by atoms with Crippen molar-refractivity contribution in [3.63, 3.8) is 0 Å². The average Bonchev–Trinajstić information content (AvgIpc) is 2.16. The van der Waals surface area contributed by atoms with Crippen LogP contribution < -0.4 is 5.32 Å². The van der Waals surface area contributed by atoms with Gasteiger partial charge in [-0.2, -0.15) is 0 Å². The van der Waals surface area contributed by atoms with Gasteiger partial charge in [-0.25, -0.2) is 0 Å². The molecule has 2 nitrogen and oxygen atoms in total. The minimum absolute atomic E-state index is 0.884. The van der Waals surface area contributed by atoms with Crippen molar-refractivity contribution in [3.05, 3.63) is 36.6 Å². The first kappa shape index (κ1) is 11.7. The normalized spacial score (nSPS) is 13.6. The van der Waals surface area contributed by atoms with Crippen molar-refractivity contribution >= 4 is 5.71 Å². The van der Waals surface area contributed by atoms with Crippen LogP contribution in [0.5, 0.6) is 0 Å². The van der Waals surface area contributed by atoms with Crippen molar-refractivity contribution < 1.29 is 0 Å². The third kappa shape index (κ3) is 7.06. The van der Waals surface area contributed by atoms with Crippen LogP contribution in [0.3, 0.4) is 0 Å². The van der Waals surface area contributed by atoms with Crippen molar-refractivity contribution in [2.45, 2.75) is 13.3 Å². The summed E-state index contributed by atoms with van der Waals surface area (Å²) in [7, 11) is 3.69. The Morgan fingerprint density at radius 3 is 2.69 bits per heavy atom. The molecule has 0 atom stereocenters. The lowest BCUT2D eigenvalue weighted by molar-refractivity contribution is 1.10. The number of hydrogen-bond acceptors (Lipinski definition) is 2. The molecule has 0 aromatic rings. The molecule has 0 bridgehead atoms. The molecule has 0 heterocycles. The monoisotopic (exact) mass is 178 g/mol. The van der Waals surface area contributed by atoms with Crippen LogP contribution in [-0.4, -0.2) is 19.8 Å². The van der Waals surface area contributed by atoms with Gasteiger partial charge in [0.2, 0.25) is 0 Å². The van der Waals surface area contributed by atoms with Gasteiger partial charge < -0.3 is 5.32 Å². The first-order valence-corrected chi connectivity index (χ1v) is 4.42. The Balaban J connectivity index is 3.85. The fraction of sp³-hybridized carbons (Fsp3) is 0.364. The summed E-state index contributed by atoms with van der Waals surface area (Å²) in [5.74, 6) is 0. The summed E-state index contributed by atoms with van der Waals surface area (Å²) in [5.41, 5.74) is 1.09. The Bertz CT molecular complexity index is 222. The van der Waals surface area contributed by atoms with Crippen LogP contribution in [0.1, 0.15) is 13.3 Å². The zero-order valence-corrected chi connectivity index (χ0v) is 8.62. The molecule has 0 aliphatic rings. The Morgan fingerprint density at radius 1 is 1.38 bits per heavy atom. The van der Waals surface area contributed by atoms with Crippen LogP contribution in [-0.2, 0) is 0 Å². The third-order valence-corrected chi connectivity index (χ3v) is 1.48. The first-order valence-electron chi connectivity index (χ1n) is 4.42. The highest BCUT2D eigenvalue weighted by atomic mass is 14.8. The molecule has 1 N–H and O–H groups in total. The zero-order chi connectivity index (χ0) is 9.94. The van der Waals surface area contributed by atoms with E-state index in [0.717, 1.165) is 12.1 Å². The predicted octanol–water partition coefficient (Wildman–Crippen LogP) is 2.31. The molecule has 13 heavy (non-hydrogen) atoms. The van der Waals surface area contributed by atoms with Crippen LogP contribution in [0.4, 0.5) is 0 Å². The van der Waals surface area contributed by atoms with Crippen molar-refractivity contribution in [2.24, 2.45) is 4.99 Å². The van der Waals surface area contributed by atoms with Gasteiger partial charge in [-0.05, 0) is 25.3 Å². The molecule has 0 aromatic heterocycles. The molecular weight excluding hydrogens is 160 g/mol. The summed E-state index contributed by atoms with van der Waals surface area (Å²) in [6.07, 6.45) is 12.8. The molecule has 0 saturated carbocycles. The Morgan fingerprint density at radius 2 is 2.15 bits per heavy atom. The minimum atomic E-state index is 0.884. The van der Waals surface area contributed by atoms with Gasteiger partial charge in [0.05, 0.1) is 0 Å². The van der Waals surface area contributed by atoms with Gasteiger partial charge in [-0.3, -0.25) is 4.99 Å². The highest BCUT2D eigenvalue weighted by Crippen LogP contribution is 1.91. The molecule has 72 valence electrons. The van der Waals surface area contributed by atoms with Gasteiger partial charge in [0.25, 0.3) is 0 Å². The lowest BCUT2D eigenvalue weighted by Crippen LogP contribution is -1.90. The molecule has 0 spiro atoms. The Labute approximate surface area is 80.8 Å². The molecule has 0 saturated heterocycles. The van der Waals surface area contributed by atoms with Crippen molar-refractivity contribution in [3.8, 4) is 0 Å². The third-order valence-electron chi connectivity index (χ3n) is 1.48. The van der Waals surface area contributed by atoms with Crippen molar-refractivity contribution in [1.29, 1.82) is 0 Å². The quantitative estimate of drug-likeness (QED) is 0.507. The van der Waals surface area contributed by atoms with E-state index in [9.17, 15) is 0 Å². The summed E-state index contributed by atoms with van der Waals surface area (Å²) in [6.45, 7) is 2.00. The lowest BCUT2D eigenvalue weighted by atomic mass is 10.2. The number of hydrogen-bond donors (Lipinski definition) is 1. The number of aliphatic imine (C=N–C) groups is 1. The topological polar surface area (TPSA) is 24.4 Å². The predicted molar refractivity (Wildman–Crippen MR) is 60.1 cm³/mol. The van der Waals surface area contributed by atoms with Crippen molar-refractivity contribution in [2.75, 3.05) is 14.1 Å². The lowest BCUT2D eigenvalue weighted by Gasteiger charge is -1.92. The highest BCUT2D eigenvalue weighted by Gasteiger charge is 1.85. The van der Waals surface area contributed by atoms with Gasteiger partial charge in [-0.1, -0.05) is 18.2 Å². The molecule has 0 radical (unpaired) electrons. The van der Waals surface area contributed by atoms with E-state index < -0.39 is 0 Å². The maximum Gasteiger partial charge on any atom is 0.0379 e. The molecule has 0 aliphatic heterocycles. The second-order valence-electron chi connectivity index (χ2n) is 2.50. The van der Waals surface area contributed by atoms with E-state index in [0.29, 0.717) is 0 Å². The molecule has 0 aliphatic carbocycles. The highest BCUT2D eigenvalue weighted by molar-refractivity contribution is 5.95. The fourth-order valence-electron chi connectivity index (χ4n) is 0.845. The maximum atomic E-state index is 4.13. The van der Waals surface area contributed by atoms with Crippen LogP contribution in [0.25, 0.3) is 0 Å². The van der Waals surface area contributed by atoms with Crippen LogP contribution in [0, 0.1) is 0 Å². The van der Waals surface area contributed by atoms with Crippen molar-refractivity contribution in [1.82, 2.24) is 5.32 Å². The van der Waals surface area contributed by atoms with Crippen LogP contribution >= 0.6 is 0 Å². The number of nitrogens with one attached hydrogen (secondary N) is 1. The molecular formula is C11H18N2. The second-order valence-corrected chi connectivity index (χ2v) is 2.50. The summed E-state index contributed by atoms with van der Waals surface area (Å²) < 4.78 is 0. The van der Waals surface area contributed by atoms with E-state index in [-0.39, 0.29) is 0 Å². The zero-order valence-electron chi connectivity index (χ0n) is 8.62. The fourth-order valence-corrected chi connectivity index (χ4v) is 0.845. The maximum absolute atomic E-state index is 4.13. The van der Waals surface area contributed by atoms with E-state index >= 15 is 0 Å². The summed E-state index contributed by atoms with van der Waals surface area (Å²) >= 11 is 0. The molecule has 2 heteroatoms. The summed E-state index contributed by atoms with van der Waals surface area (Å²) in [5, 5.41) is 2.92. The molecule has 0 aromatic carbocycles. The standard InChI is InChI=1S/C11H18N2/c1-4-8-11(13-3)9-6-5-7-10-12-2/h4-8,10,12H,9H2,1-3H3/b6-5-,8-4-,10-7-,13-11?. The summed E-state index contributed by atoms with van der Waals surface area (Å²) in [6, 6.07) is 0. The molecule has 0 amide bonds. The van der Waals surface area contributed by atoms with E-state index in [4.69, 9.17) is 0 Å². The SMILES string of the molecule is C/C=C\C(C/C=C\C=C/NC)=NC. The largest absolute Gasteiger partial charge is 0.394 e. The second kappa shape index (κ2) is 8.78. The smallest absolute Gasteiger partial charge is 0.0379 e. The van der Waals surface area contributed by atoms with Gasteiger partial charge in [0.1, 0.15) is 0 Å². The van der Waals surface area contributed by atoms with Gasteiger partial charge >= 0.3 is 0 Å². The molecule has 0 fully saturated rings. The average molecular weight is 178 g/mol. The van der Waals surface area contributed by atoms with E-state index in [2.05, 4.69) is 16.4 Å². The number of rotatable bonds is 5. The Kier molecular flexibility index (Phi) is 7.90. The number of nitrogens with zero attached hydrogens (tertiary/aromatic N) is 1. The van der Waals surface area contributed by atoms with Gasteiger partial charge in [0, 0.05) is 26.2 Å². The van der Waals surface area contributed by atoms with Gasteiger partial charge in [0.15, 0.2) is 0 Å². The van der Waals surface area contributed by atoms with Gasteiger partial charge in [-0.15, -0.1) is 0 Å².